The van der Waals surface area contributed by atoms with Gasteiger partial charge >= 0.3 is 0 Å². The maximum absolute atomic E-state index is 10.8. The van der Waals surface area contributed by atoms with Gasteiger partial charge in [-0.05, 0) is 0 Å². The van der Waals surface area contributed by atoms with E-state index in [4.69, 9.17) is 18.9 Å². The molecule has 0 spiro atoms. The number of benzene rings is 2. The zero-order valence-electron chi connectivity index (χ0n) is 14.2. The molecule has 0 saturated carbocycles. The van der Waals surface area contributed by atoms with Crippen LogP contribution in [0.2, 0.25) is 0 Å². The second kappa shape index (κ2) is 7.84. The third-order valence-electron chi connectivity index (χ3n) is 4.70. The fraction of sp³-hybridized carbons (Fsp3) is 0.400. The first-order valence-corrected chi connectivity index (χ1v) is 8.73. The van der Waals surface area contributed by atoms with Crippen LogP contribution in [-0.2, 0) is 18.9 Å². The molecule has 2 heterocycles. The number of aliphatic hydroxyl groups excluding tert-OH is 2. The lowest BCUT2D eigenvalue weighted by atomic mass is 10.0. The summed E-state index contributed by atoms with van der Waals surface area (Å²) in [5, 5.41) is 20.4. The molecule has 4 rings (SSSR count). The largest absolute Gasteiger partial charge is 0.394 e. The van der Waals surface area contributed by atoms with Gasteiger partial charge in [0.1, 0.15) is 24.4 Å². The van der Waals surface area contributed by atoms with E-state index in [1.54, 1.807) is 0 Å². The van der Waals surface area contributed by atoms with Crippen molar-refractivity contribution in [1.82, 2.24) is 0 Å². The molecule has 6 atom stereocenters. The van der Waals surface area contributed by atoms with Gasteiger partial charge in [-0.1, -0.05) is 60.7 Å². The van der Waals surface area contributed by atoms with Crippen molar-refractivity contribution in [3.8, 4) is 0 Å². The topological polar surface area (TPSA) is 77.4 Å². The van der Waals surface area contributed by atoms with Crippen LogP contribution in [0.1, 0.15) is 23.7 Å². The van der Waals surface area contributed by atoms with E-state index in [-0.39, 0.29) is 13.2 Å². The van der Waals surface area contributed by atoms with Crippen molar-refractivity contribution in [1.29, 1.82) is 0 Å². The Kier molecular flexibility index (Phi) is 5.31. The van der Waals surface area contributed by atoms with Crippen LogP contribution in [0.5, 0.6) is 0 Å². The molecule has 2 aromatic rings. The summed E-state index contributed by atoms with van der Waals surface area (Å²) in [6, 6.07) is 19.0. The highest BCUT2D eigenvalue weighted by Gasteiger charge is 2.46. The normalized spacial score (nSPS) is 32.6. The molecule has 0 radical (unpaired) electrons. The molecule has 6 nitrogen and oxygen atoms in total. The number of aliphatic hydroxyl groups is 2. The highest BCUT2D eigenvalue weighted by molar-refractivity contribution is 5.18. The Hall–Kier alpha value is -1.80. The van der Waals surface area contributed by atoms with Gasteiger partial charge in [-0.2, -0.15) is 0 Å². The van der Waals surface area contributed by atoms with Crippen LogP contribution in [-0.4, -0.2) is 47.8 Å². The third-order valence-corrected chi connectivity index (χ3v) is 4.70. The molecule has 0 amide bonds. The summed E-state index contributed by atoms with van der Waals surface area (Å²) in [6.07, 6.45) is -4.01. The average molecular weight is 358 g/mol. The fourth-order valence-corrected chi connectivity index (χ4v) is 3.31. The van der Waals surface area contributed by atoms with Crippen molar-refractivity contribution < 1.29 is 29.2 Å². The molecule has 6 heteroatoms. The van der Waals surface area contributed by atoms with Gasteiger partial charge in [0, 0.05) is 11.1 Å². The molecule has 26 heavy (non-hydrogen) atoms. The standard InChI is InChI=1S/C20H22O6/c21-11-15-18(26-20(24-15)14-9-5-2-6-10-14)17(22)16-12-23-19(25-16)13-7-3-1-4-8-13/h1-10,15-22H,11-12H2/t15-,16+,17-,18-,19?,20?/m0/s1. The molecule has 0 bridgehead atoms. The molecule has 0 aromatic heterocycles. The van der Waals surface area contributed by atoms with Gasteiger partial charge in [0.05, 0.1) is 13.2 Å². The molecule has 2 aliphatic rings. The van der Waals surface area contributed by atoms with Crippen molar-refractivity contribution in [3.05, 3.63) is 71.8 Å². The van der Waals surface area contributed by atoms with Crippen molar-refractivity contribution >= 4 is 0 Å². The smallest absolute Gasteiger partial charge is 0.184 e. The maximum atomic E-state index is 10.8. The van der Waals surface area contributed by atoms with Crippen molar-refractivity contribution in [2.75, 3.05) is 13.2 Å². The number of hydrogen-bond donors (Lipinski definition) is 2. The van der Waals surface area contributed by atoms with E-state index in [1.165, 1.54) is 0 Å². The van der Waals surface area contributed by atoms with Crippen LogP contribution in [0.25, 0.3) is 0 Å². The molecule has 2 saturated heterocycles. The number of hydrogen-bond acceptors (Lipinski definition) is 6. The van der Waals surface area contributed by atoms with Gasteiger partial charge in [-0.15, -0.1) is 0 Å². The van der Waals surface area contributed by atoms with Crippen LogP contribution in [0, 0.1) is 0 Å². The predicted molar refractivity (Wildman–Crippen MR) is 92.0 cm³/mol. The molecule has 2 aliphatic heterocycles. The molecule has 2 N–H and O–H groups in total. The van der Waals surface area contributed by atoms with E-state index in [2.05, 4.69) is 0 Å². The zero-order chi connectivity index (χ0) is 17.9. The van der Waals surface area contributed by atoms with Crippen LogP contribution >= 0.6 is 0 Å². The van der Waals surface area contributed by atoms with Gasteiger partial charge in [-0.3, -0.25) is 0 Å². The number of ether oxygens (including phenoxy) is 4. The Morgan fingerprint density at radius 1 is 0.846 bits per heavy atom. The van der Waals surface area contributed by atoms with Crippen LogP contribution in [0.3, 0.4) is 0 Å². The second-order valence-corrected chi connectivity index (χ2v) is 6.44. The van der Waals surface area contributed by atoms with E-state index >= 15 is 0 Å². The Balaban J connectivity index is 1.43. The van der Waals surface area contributed by atoms with Crippen molar-refractivity contribution in [3.63, 3.8) is 0 Å². The molecular formula is C20H22O6. The highest BCUT2D eigenvalue weighted by Crippen LogP contribution is 2.36. The van der Waals surface area contributed by atoms with Gasteiger partial charge in [-0.25, -0.2) is 0 Å². The molecular weight excluding hydrogens is 336 g/mol. The fourth-order valence-electron chi connectivity index (χ4n) is 3.31. The van der Waals surface area contributed by atoms with Crippen LogP contribution < -0.4 is 0 Å². The average Bonchev–Trinajstić information content (AvgIpc) is 3.36. The van der Waals surface area contributed by atoms with Crippen LogP contribution in [0.4, 0.5) is 0 Å². The molecule has 2 unspecified atom stereocenters. The van der Waals surface area contributed by atoms with Gasteiger partial charge in [0.25, 0.3) is 0 Å². The van der Waals surface area contributed by atoms with Gasteiger partial charge in [0.2, 0.25) is 0 Å². The summed E-state index contributed by atoms with van der Waals surface area (Å²) in [5.41, 5.74) is 1.73. The lowest BCUT2D eigenvalue weighted by Gasteiger charge is -2.24. The summed E-state index contributed by atoms with van der Waals surface area (Å²) in [5.74, 6) is 0. The first-order valence-electron chi connectivity index (χ1n) is 8.73. The minimum Gasteiger partial charge on any atom is -0.394 e. The van der Waals surface area contributed by atoms with Crippen molar-refractivity contribution in [2.45, 2.75) is 37.0 Å². The minimum atomic E-state index is -0.977. The molecule has 138 valence electrons. The molecule has 0 aliphatic carbocycles. The Morgan fingerprint density at radius 3 is 2.08 bits per heavy atom. The van der Waals surface area contributed by atoms with E-state index in [0.717, 1.165) is 11.1 Å². The summed E-state index contributed by atoms with van der Waals surface area (Å²) >= 11 is 0. The van der Waals surface area contributed by atoms with E-state index in [1.807, 2.05) is 60.7 Å². The first-order chi connectivity index (χ1) is 12.8. The van der Waals surface area contributed by atoms with E-state index < -0.39 is 37.0 Å². The first kappa shape index (κ1) is 17.6. The van der Waals surface area contributed by atoms with E-state index in [0.29, 0.717) is 0 Å². The predicted octanol–water partition coefficient (Wildman–Crippen LogP) is 1.94. The SMILES string of the molecule is OC[C@@H]1OC(c2ccccc2)O[C@@H]1[C@@H](O)[C@H]1COC(c2ccccc2)O1. The lowest BCUT2D eigenvalue weighted by molar-refractivity contribution is -0.125. The number of rotatable bonds is 5. The Labute approximate surface area is 151 Å². The lowest BCUT2D eigenvalue weighted by Crippen LogP contribution is -2.45. The quantitative estimate of drug-likeness (QED) is 0.851. The van der Waals surface area contributed by atoms with E-state index in [9.17, 15) is 10.2 Å². The molecule has 2 aromatic carbocycles. The van der Waals surface area contributed by atoms with Gasteiger partial charge in [0.15, 0.2) is 12.6 Å². The monoisotopic (exact) mass is 358 g/mol. The summed E-state index contributed by atoms with van der Waals surface area (Å²) < 4.78 is 23.2. The highest BCUT2D eigenvalue weighted by atomic mass is 16.8. The molecule has 2 fully saturated rings. The summed E-state index contributed by atoms with van der Waals surface area (Å²) in [7, 11) is 0. The second-order valence-electron chi connectivity index (χ2n) is 6.44. The minimum absolute atomic E-state index is 0.245. The Morgan fingerprint density at radius 2 is 1.46 bits per heavy atom. The Bertz CT molecular complexity index is 694. The van der Waals surface area contributed by atoms with Crippen LogP contribution in [0.15, 0.2) is 60.7 Å². The summed E-state index contributed by atoms with van der Waals surface area (Å²) in [4.78, 5) is 0. The van der Waals surface area contributed by atoms with Gasteiger partial charge < -0.3 is 29.2 Å². The zero-order valence-corrected chi connectivity index (χ0v) is 14.2. The maximum Gasteiger partial charge on any atom is 0.184 e. The van der Waals surface area contributed by atoms with Crippen molar-refractivity contribution in [2.24, 2.45) is 0 Å². The third kappa shape index (κ3) is 3.53. The summed E-state index contributed by atoms with van der Waals surface area (Å²) in [6.45, 7) is -0.00447.